The molecule has 0 spiro atoms. The van der Waals surface area contributed by atoms with Crippen molar-refractivity contribution in [3.8, 4) is 34.3 Å². The van der Waals surface area contributed by atoms with Crippen LogP contribution in [0.15, 0.2) is 54.6 Å². The van der Waals surface area contributed by atoms with Crippen molar-refractivity contribution in [3.63, 3.8) is 0 Å². The SMILES string of the molecule is CCCCN1CCN(c2ccc3nc(-c4ccc5nc(-c6ccc(OCC)c(OCC)c6)[nH]c5c4)[nH]c3c2)CC1. The largest absolute Gasteiger partial charge is 0.490 e. The van der Waals surface area contributed by atoms with Crippen LogP contribution >= 0.6 is 0 Å². The minimum atomic E-state index is 0.571. The molecule has 2 aromatic heterocycles. The van der Waals surface area contributed by atoms with Crippen LogP contribution in [0.5, 0.6) is 11.5 Å². The first kappa shape index (κ1) is 26.2. The Morgan fingerprint density at radius 2 is 1.32 bits per heavy atom. The minimum absolute atomic E-state index is 0.571. The van der Waals surface area contributed by atoms with Gasteiger partial charge in [0.25, 0.3) is 0 Å². The van der Waals surface area contributed by atoms with Crippen molar-refractivity contribution in [2.45, 2.75) is 33.6 Å². The molecular formula is C32H38N6O2. The molecule has 0 saturated carbocycles. The number of fused-ring (bicyclic) bond motifs is 2. The number of hydrogen-bond donors (Lipinski definition) is 2. The van der Waals surface area contributed by atoms with Crippen molar-refractivity contribution in [1.82, 2.24) is 24.8 Å². The highest BCUT2D eigenvalue weighted by Crippen LogP contribution is 2.33. The van der Waals surface area contributed by atoms with E-state index in [0.717, 1.165) is 82.5 Å². The van der Waals surface area contributed by atoms with Crippen LogP contribution in [0.2, 0.25) is 0 Å². The molecule has 0 amide bonds. The van der Waals surface area contributed by atoms with Gasteiger partial charge in [-0.05, 0) is 81.4 Å². The lowest BCUT2D eigenvalue weighted by molar-refractivity contribution is 0.254. The number of imidazole rings is 2. The molecular weight excluding hydrogens is 500 g/mol. The van der Waals surface area contributed by atoms with Gasteiger partial charge in [0.1, 0.15) is 11.6 Å². The highest BCUT2D eigenvalue weighted by atomic mass is 16.5. The number of ether oxygens (including phenoxy) is 2. The van der Waals surface area contributed by atoms with Gasteiger partial charge in [-0.1, -0.05) is 13.3 Å². The normalized spacial score (nSPS) is 14.3. The fourth-order valence-corrected chi connectivity index (χ4v) is 5.43. The van der Waals surface area contributed by atoms with E-state index < -0.39 is 0 Å². The summed E-state index contributed by atoms with van der Waals surface area (Å²) in [5, 5.41) is 0. The molecule has 40 heavy (non-hydrogen) atoms. The second kappa shape index (κ2) is 11.6. The van der Waals surface area contributed by atoms with E-state index in [4.69, 9.17) is 19.4 Å². The number of anilines is 1. The topological polar surface area (TPSA) is 82.3 Å². The van der Waals surface area contributed by atoms with Gasteiger partial charge in [-0.3, -0.25) is 4.90 Å². The molecule has 208 valence electrons. The number of H-pyrrole nitrogens is 2. The first-order valence-electron chi connectivity index (χ1n) is 14.5. The zero-order valence-corrected chi connectivity index (χ0v) is 23.7. The van der Waals surface area contributed by atoms with Crippen LogP contribution in [0.3, 0.4) is 0 Å². The summed E-state index contributed by atoms with van der Waals surface area (Å²) in [6.07, 6.45) is 2.54. The number of aromatic amines is 2. The Bertz CT molecular complexity index is 1600. The summed E-state index contributed by atoms with van der Waals surface area (Å²) in [7, 11) is 0. The number of rotatable bonds is 10. The number of unbranched alkanes of at least 4 members (excludes halogenated alkanes) is 1. The summed E-state index contributed by atoms with van der Waals surface area (Å²) < 4.78 is 11.5. The molecule has 1 fully saturated rings. The molecule has 3 heterocycles. The van der Waals surface area contributed by atoms with Crippen LogP contribution in [0.25, 0.3) is 44.8 Å². The van der Waals surface area contributed by atoms with Gasteiger partial charge in [-0.25, -0.2) is 9.97 Å². The van der Waals surface area contributed by atoms with E-state index in [2.05, 4.69) is 57.0 Å². The quantitative estimate of drug-likeness (QED) is 0.211. The number of nitrogens with one attached hydrogen (secondary N) is 2. The number of aromatic nitrogens is 4. The Balaban J connectivity index is 1.23. The molecule has 0 atom stereocenters. The number of benzene rings is 3. The van der Waals surface area contributed by atoms with Crippen molar-refractivity contribution in [1.29, 1.82) is 0 Å². The molecule has 3 aromatic carbocycles. The molecule has 2 N–H and O–H groups in total. The Kier molecular flexibility index (Phi) is 7.60. The summed E-state index contributed by atoms with van der Waals surface area (Å²) >= 11 is 0. The van der Waals surface area contributed by atoms with E-state index in [-0.39, 0.29) is 0 Å². The maximum absolute atomic E-state index is 5.81. The van der Waals surface area contributed by atoms with Gasteiger partial charge in [-0.2, -0.15) is 0 Å². The predicted molar refractivity (Wildman–Crippen MR) is 163 cm³/mol. The van der Waals surface area contributed by atoms with Gasteiger partial charge in [-0.15, -0.1) is 0 Å². The number of hydrogen-bond acceptors (Lipinski definition) is 6. The van der Waals surface area contributed by atoms with Crippen molar-refractivity contribution in [3.05, 3.63) is 54.6 Å². The summed E-state index contributed by atoms with van der Waals surface area (Å²) in [6, 6.07) is 18.7. The molecule has 5 aromatic rings. The fourth-order valence-electron chi connectivity index (χ4n) is 5.43. The molecule has 8 nitrogen and oxygen atoms in total. The average Bonchev–Trinajstić information content (AvgIpc) is 3.61. The van der Waals surface area contributed by atoms with Gasteiger partial charge >= 0.3 is 0 Å². The van der Waals surface area contributed by atoms with Crippen molar-refractivity contribution < 1.29 is 9.47 Å². The molecule has 0 radical (unpaired) electrons. The standard InChI is InChI=1S/C32H38N6O2/c1-4-7-14-37-15-17-38(18-16-37)24-10-12-26-28(21-24)36-31(34-26)22-8-11-25-27(19-22)35-32(33-25)23-9-13-29(39-5-2)30(20-23)40-6-3/h8-13,19-21H,4-7,14-18H2,1-3H3,(H,33,35)(H,34,36). The molecule has 1 aliphatic rings. The van der Waals surface area contributed by atoms with Crippen molar-refractivity contribution >= 4 is 27.8 Å². The Hall–Kier alpha value is -4.04. The molecule has 1 aliphatic heterocycles. The first-order valence-corrected chi connectivity index (χ1v) is 14.5. The first-order chi connectivity index (χ1) is 19.6. The summed E-state index contributed by atoms with van der Waals surface area (Å²) in [5.41, 5.74) is 7.13. The Labute approximate surface area is 235 Å². The van der Waals surface area contributed by atoms with E-state index in [9.17, 15) is 0 Å². The third-order valence-corrected chi connectivity index (χ3v) is 7.60. The Morgan fingerprint density at radius 1 is 0.700 bits per heavy atom. The second-order valence-electron chi connectivity index (χ2n) is 10.3. The van der Waals surface area contributed by atoms with Crippen LogP contribution in [-0.2, 0) is 0 Å². The fraction of sp³-hybridized carbons (Fsp3) is 0.375. The second-order valence-corrected chi connectivity index (χ2v) is 10.3. The summed E-state index contributed by atoms with van der Waals surface area (Å²) in [5.74, 6) is 3.12. The van der Waals surface area contributed by atoms with Gasteiger partial charge in [0, 0.05) is 43.0 Å². The minimum Gasteiger partial charge on any atom is -0.490 e. The third-order valence-electron chi connectivity index (χ3n) is 7.60. The molecule has 0 aliphatic carbocycles. The maximum Gasteiger partial charge on any atom is 0.161 e. The zero-order valence-electron chi connectivity index (χ0n) is 23.7. The monoisotopic (exact) mass is 538 g/mol. The van der Waals surface area contributed by atoms with Crippen LogP contribution in [0.4, 0.5) is 5.69 Å². The molecule has 0 unspecified atom stereocenters. The highest BCUT2D eigenvalue weighted by Gasteiger charge is 2.18. The molecule has 1 saturated heterocycles. The summed E-state index contributed by atoms with van der Waals surface area (Å²) in [4.78, 5) is 21.8. The average molecular weight is 539 g/mol. The van der Waals surface area contributed by atoms with Gasteiger partial charge in [0.05, 0.1) is 35.3 Å². The number of piperazine rings is 1. The van der Waals surface area contributed by atoms with Gasteiger partial charge in [0.15, 0.2) is 11.5 Å². The van der Waals surface area contributed by atoms with Gasteiger partial charge in [0.2, 0.25) is 0 Å². The van der Waals surface area contributed by atoms with E-state index in [1.54, 1.807) is 0 Å². The van der Waals surface area contributed by atoms with Gasteiger partial charge < -0.3 is 24.3 Å². The lowest BCUT2D eigenvalue weighted by atomic mass is 10.2. The smallest absolute Gasteiger partial charge is 0.161 e. The van der Waals surface area contributed by atoms with E-state index >= 15 is 0 Å². The molecule has 8 heteroatoms. The maximum atomic E-state index is 5.81. The predicted octanol–water partition coefficient (Wildman–Crippen LogP) is 6.49. The lowest BCUT2D eigenvalue weighted by Gasteiger charge is -2.36. The summed E-state index contributed by atoms with van der Waals surface area (Å²) in [6.45, 7) is 13.0. The van der Waals surface area contributed by atoms with Crippen molar-refractivity contribution in [2.24, 2.45) is 0 Å². The molecule has 0 bridgehead atoms. The van der Waals surface area contributed by atoms with Crippen LogP contribution in [-0.4, -0.2) is 70.8 Å². The highest BCUT2D eigenvalue weighted by molar-refractivity contribution is 5.87. The molecule has 6 rings (SSSR count). The van der Waals surface area contributed by atoms with E-state index in [0.29, 0.717) is 13.2 Å². The number of nitrogens with zero attached hydrogens (tertiary/aromatic N) is 4. The van der Waals surface area contributed by atoms with Crippen LogP contribution < -0.4 is 14.4 Å². The van der Waals surface area contributed by atoms with E-state index in [1.165, 1.54) is 25.1 Å². The van der Waals surface area contributed by atoms with Crippen LogP contribution in [0, 0.1) is 0 Å². The van der Waals surface area contributed by atoms with Crippen molar-refractivity contribution in [2.75, 3.05) is 50.8 Å². The van der Waals surface area contributed by atoms with E-state index in [1.807, 2.05) is 38.1 Å². The Morgan fingerprint density at radius 3 is 2.02 bits per heavy atom. The third kappa shape index (κ3) is 5.36. The lowest BCUT2D eigenvalue weighted by Crippen LogP contribution is -2.46. The zero-order chi connectivity index (χ0) is 27.5. The van der Waals surface area contributed by atoms with Crippen LogP contribution in [0.1, 0.15) is 33.6 Å².